The Hall–Kier alpha value is -2.59. The van der Waals surface area contributed by atoms with Gasteiger partial charge in [-0.05, 0) is 36.4 Å². The van der Waals surface area contributed by atoms with Gasteiger partial charge < -0.3 is 9.84 Å². The van der Waals surface area contributed by atoms with Crippen molar-refractivity contribution in [3.8, 4) is 17.0 Å². The van der Waals surface area contributed by atoms with Crippen LogP contribution in [0.5, 0.6) is 5.75 Å². The second-order valence-corrected chi connectivity index (χ2v) is 5.16. The Kier molecular flexibility index (Phi) is 3.69. The molecule has 2 aromatic carbocycles. The van der Waals surface area contributed by atoms with Crippen molar-refractivity contribution in [1.82, 2.24) is 4.98 Å². The first-order chi connectivity index (χ1) is 10.6. The number of carboxylic acids is 1. The summed E-state index contributed by atoms with van der Waals surface area (Å²) in [6, 6.07) is 14.2. The van der Waals surface area contributed by atoms with E-state index in [9.17, 15) is 4.79 Å². The number of carbonyl (C=O) groups is 1. The molecule has 5 heteroatoms. The Balaban J connectivity index is 2.06. The summed E-state index contributed by atoms with van der Waals surface area (Å²) in [6.45, 7) is 0. The monoisotopic (exact) mass is 313 g/mol. The van der Waals surface area contributed by atoms with Crippen LogP contribution in [0.3, 0.4) is 0 Å². The first kappa shape index (κ1) is 14.4. The summed E-state index contributed by atoms with van der Waals surface area (Å²) in [5, 5.41) is 10.2. The van der Waals surface area contributed by atoms with Crippen LogP contribution in [0.25, 0.3) is 22.2 Å². The quantitative estimate of drug-likeness (QED) is 0.784. The number of halogens is 1. The topological polar surface area (TPSA) is 59.4 Å². The van der Waals surface area contributed by atoms with Gasteiger partial charge in [0.15, 0.2) is 0 Å². The SMILES string of the molecule is COc1ccc2nc(-c3ccc(C(=O)O)c(Cl)c3)ccc2c1. The molecule has 0 unspecified atom stereocenters. The molecule has 1 aromatic heterocycles. The molecule has 0 saturated heterocycles. The Labute approximate surface area is 131 Å². The smallest absolute Gasteiger partial charge is 0.337 e. The standard InChI is InChI=1S/C17H12ClNO3/c1-22-12-4-7-16-10(8-12)3-6-15(19-16)11-2-5-13(17(20)21)14(18)9-11/h2-9H,1H3,(H,20,21). The normalized spacial score (nSPS) is 10.6. The number of carboxylic acid groups (broad SMARTS) is 1. The van der Waals surface area contributed by atoms with Crippen molar-refractivity contribution in [2.45, 2.75) is 0 Å². The molecule has 3 rings (SSSR count). The van der Waals surface area contributed by atoms with Gasteiger partial charge in [-0.2, -0.15) is 0 Å². The van der Waals surface area contributed by atoms with Gasteiger partial charge >= 0.3 is 5.97 Å². The zero-order chi connectivity index (χ0) is 15.7. The van der Waals surface area contributed by atoms with Gasteiger partial charge in [0.05, 0.1) is 28.9 Å². The zero-order valence-corrected chi connectivity index (χ0v) is 12.5. The van der Waals surface area contributed by atoms with Crippen LogP contribution >= 0.6 is 11.6 Å². The van der Waals surface area contributed by atoms with E-state index in [0.29, 0.717) is 0 Å². The van der Waals surface area contributed by atoms with Crippen LogP contribution < -0.4 is 4.74 Å². The fourth-order valence-electron chi connectivity index (χ4n) is 2.24. The Bertz CT molecular complexity index is 877. The average Bonchev–Trinajstić information content (AvgIpc) is 2.53. The van der Waals surface area contributed by atoms with E-state index in [2.05, 4.69) is 4.98 Å². The number of aromatic carboxylic acids is 1. The third-order valence-corrected chi connectivity index (χ3v) is 3.70. The van der Waals surface area contributed by atoms with Crippen LogP contribution in [0.15, 0.2) is 48.5 Å². The summed E-state index contributed by atoms with van der Waals surface area (Å²) in [5.41, 5.74) is 2.41. The highest BCUT2D eigenvalue weighted by Crippen LogP contribution is 2.27. The molecule has 110 valence electrons. The predicted molar refractivity (Wildman–Crippen MR) is 85.7 cm³/mol. The van der Waals surface area contributed by atoms with E-state index in [1.54, 1.807) is 19.2 Å². The van der Waals surface area contributed by atoms with Crippen LogP contribution in [-0.4, -0.2) is 23.2 Å². The highest BCUT2D eigenvalue weighted by Gasteiger charge is 2.10. The molecule has 0 aliphatic rings. The van der Waals surface area contributed by atoms with E-state index in [1.165, 1.54) is 6.07 Å². The third kappa shape index (κ3) is 2.61. The lowest BCUT2D eigenvalue weighted by Crippen LogP contribution is -1.97. The summed E-state index contributed by atoms with van der Waals surface area (Å²) >= 11 is 6.01. The lowest BCUT2D eigenvalue weighted by atomic mass is 10.1. The lowest BCUT2D eigenvalue weighted by Gasteiger charge is -2.06. The summed E-state index contributed by atoms with van der Waals surface area (Å²) < 4.78 is 5.19. The maximum atomic E-state index is 11.0. The second-order valence-electron chi connectivity index (χ2n) is 4.75. The fourth-order valence-corrected chi connectivity index (χ4v) is 2.50. The summed E-state index contributed by atoms with van der Waals surface area (Å²) in [4.78, 5) is 15.6. The third-order valence-electron chi connectivity index (χ3n) is 3.39. The molecular weight excluding hydrogens is 302 g/mol. The van der Waals surface area contributed by atoms with Gasteiger partial charge in [0.1, 0.15) is 5.75 Å². The minimum Gasteiger partial charge on any atom is -0.497 e. The van der Waals surface area contributed by atoms with E-state index in [1.807, 2.05) is 30.3 Å². The van der Waals surface area contributed by atoms with Crippen molar-refractivity contribution in [3.05, 3.63) is 59.1 Å². The van der Waals surface area contributed by atoms with Crippen LogP contribution in [0.2, 0.25) is 5.02 Å². The number of methoxy groups -OCH3 is 1. The molecule has 0 saturated carbocycles. The molecule has 0 atom stereocenters. The molecule has 1 heterocycles. The van der Waals surface area contributed by atoms with E-state index in [4.69, 9.17) is 21.4 Å². The van der Waals surface area contributed by atoms with Gasteiger partial charge in [0.25, 0.3) is 0 Å². The van der Waals surface area contributed by atoms with E-state index < -0.39 is 5.97 Å². The van der Waals surface area contributed by atoms with Crippen LogP contribution in [0, 0.1) is 0 Å². The first-order valence-electron chi connectivity index (χ1n) is 6.56. The number of nitrogens with zero attached hydrogens (tertiary/aromatic N) is 1. The van der Waals surface area contributed by atoms with Gasteiger partial charge in [-0.25, -0.2) is 9.78 Å². The van der Waals surface area contributed by atoms with Crippen molar-refractivity contribution in [1.29, 1.82) is 0 Å². The molecule has 3 aromatic rings. The summed E-state index contributed by atoms with van der Waals surface area (Å²) in [5.74, 6) is -0.272. The molecular formula is C17H12ClNO3. The lowest BCUT2D eigenvalue weighted by molar-refractivity contribution is 0.0697. The van der Waals surface area contributed by atoms with Crippen molar-refractivity contribution in [2.24, 2.45) is 0 Å². The van der Waals surface area contributed by atoms with Gasteiger partial charge in [-0.1, -0.05) is 23.7 Å². The molecule has 0 bridgehead atoms. The van der Waals surface area contributed by atoms with Crippen molar-refractivity contribution in [2.75, 3.05) is 7.11 Å². The first-order valence-corrected chi connectivity index (χ1v) is 6.94. The fraction of sp³-hybridized carbons (Fsp3) is 0.0588. The van der Waals surface area contributed by atoms with Gasteiger partial charge in [0.2, 0.25) is 0 Å². The van der Waals surface area contributed by atoms with E-state index in [0.717, 1.165) is 27.9 Å². The number of aromatic nitrogens is 1. The second kappa shape index (κ2) is 5.66. The van der Waals surface area contributed by atoms with Gasteiger partial charge in [0, 0.05) is 10.9 Å². The molecule has 0 aliphatic carbocycles. The van der Waals surface area contributed by atoms with Gasteiger partial charge in [-0.15, -0.1) is 0 Å². The van der Waals surface area contributed by atoms with Crippen LogP contribution in [0.4, 0.5) is 0 Å². The van der Waals surface area contributed by atoms with Crippen molar-refractivity contribution < 1.29 is 14.6 Å². The maximum Gasteiger partial charge on any atom is 0.337 e. The molecule has 0 fully saturated rings. The minimum absolute atomic E-state index is 0.0796. The van der Waals surface area contributed by atoms with Crippen molar-refractivity contribution >= 4 is 28.5 Å². The predicted octanol–water partition coefficient (Wildman–Crippen LogP) is 4.26. The average molecular weight is 314 g/mol. The van der Waals surface area contributed by atoms with E-state index >= 15 is 0 Å². The Morgan fingerprint density at radius 3 is 2.64 bits per heavy atom. The molecule has 0 radical (unpaired) electrons. The Morgan fingerprint density at radius 1 is 1.14 bits per heavy atom. The number of pyridine rings is 1. The number of benzene rings is 2. The van der Waals surface area contributed by atoms with Crippen molar-refractivity contribution in [3.63, 3.8) is 0 Å². The van der Waals surface area contributed by atoms with Crippen LogP contribution in [-0.2, 0) is 0 Å². The Morgan fingerprint density at radius 2 is 1.95 bits per heavy atom. The van der Waals surface area contributed by atoms with Crippen LogP contribution in [0.1, 0.15) is 10.4 Å². The maximum absolute atomic E-state index is 11.0. The number of hydrogen-bond donors (Lipinski definition) is 1. The molecule has 4 nitrogen and oxygen atoms in total. The minimum atomic E-state index is -1.05. The zero-order valence-electron chi connectivity index (χ0n) is 11.7. The largest absolute Gasteiger partial charge is 0.497 e. The summed E-state index contributed by atoms with van der Waals surface area (Å²) in [7, 11) is 1.62. The number of ether oxygens (including phenoxy) is 1. The van der Waals surface area contributed by atoms with E-state index in [-0.39, 0.29) is 10.6 Å². The van der Waals surface area contributed by atoms with Gasteiger partial charge in [-0.3, -0.25) is 0 Å². The molecule has 0 spiro atoms. The molecule has 22 heavy (non-hydrogen) atoms. The summed E-state index contributed by atoms with van der Waals surface area (Å²) in [6.07, 6.45) is 0. The number of rotatable bonds is 3. The number of fused-ring (bicyclic) bond motifs is 1. The highest BCUT2D eigenvalue weighted by molar-refractivity contribution is 6.33. The molecule has 0 aliphatic heterocycles. The highest BCUT2D eigenvalue weighted by atomic mass is 35.5. The number of hydrogen-bond acceptors (Lipinski definition) is 3. The molecule has 1 N–H and O–H groups in total. The molecule has 0 amide bonds.